The van der Waals surface area contributed by atoms with Crippen LogP contribution in [0.15, 0.2) is 41.6 Å². The van der Waals surface area contributed by atoms with Crippen LogP contribution in [0, 0.1) is 0 Å². The van der Waals surface area contributed by atoms with Gasteiger partial charge in [0, 0.05) is 11.8 Å². The van der Waals surface area contributed by atoms with Crippen LogP contribution in [0.25, 0.3) is 0 Å². The molecule has 2 aromatic rings. The lowest BCUT2D eigenvalue weighted by Gasteiger charge is -2.06. The maximum absolute atomic E-state index is 11.2. The largest absolute Gasteiger partial charge is 0.267 e. The first-order valence-corrected chi connectivity index (χ1v) is 8.87. The first-order valence-electron chi connectivity index (χ1n) is 5.61. The van der Waals surface area contributed by atoms with E-state index < -0.39 is 10.0 Å². The molecule has 0 saturated carbocycles. The molecule has 106 valence electrons. The second-order valence-corrected chi connectivity index (χ2v) is 7.09. The van der Waals surface area contributed by atoms with Crippen LogP contribution < -0.4 is 4.72 Å². The average molecular weight is 330 g/mol. The van der Waals surface area contributed by atoms with Gasteiger partial charge in [0.15, 0.2) is 5.16 Å². The Bertz CT molecular complexity index is 693. The molecule has 0 saturated heterocycles. The van der Waals surface area contributed by atoms with Crippen LogP contribution in [0.2, 0.25) is 5.15 Å². The van der Waals surface area contributed by atoms with Gasteiger partial charge in [0.05, 0.1) is 6.26 Å². The normalized spacial score (nSPS) is 11.3. The highest BCUT2D eigenvalue weighted by molar-refractivity contribution is 7.98. The Morgan fingerprint density at radius 3 is 2.60 bits per heavy atom. The van der Waals surface area contributed by atoms with E-state index in [-0.39, 0.29) is 11.0 Å². The van der Waals surface area contributed by atoms with Gasteiger partial charge in [-0.25, -0.2) is 18.4 Å². The second-order valence-electron chi connectivity index (χ2n) is 4.01. The SMILES string of the molecule is CS(=O)(=O)Nc1cc(Cl)nc(SCc2ccccc2)n1. The number of nitrogens with one attached hydrogen (secondary N) is 1. The molecular formula is C12H12ClN3O2S2. The molecule has 8 heteroatoms. The number of anilines is 1. The molecule has 0 radical (unpaired) electrons. The molecule has 0 spiro atoms. The molecule has 20 heavy (non-hydrogen) atoms. The lowest BCUT2D eigenvalue weighted by molar-refractivity contribution is 0.606. The highest BCUT2D eigenvalue weighted by Crippen LogP contribution is 2.23. The van der Waals surface area contributed by atoms with Gasteiger partial charge in [-0.05, 0) is 5.56 Å². The number of sulfonamides is 1. The molecule has 0 bridgehead atoms. The quantitative estimate of drug-likeness (QED) is 0.519. The molecule has 0 unspecified atom stereocenters. The third-order valence-corrected chi connectivity index (χ3v) is 3.87. The van der Waals surface area contributed by atoms with Crippen molar-refractivity contribution in [2.24, 2.45) is 0 Å². The molecule has 5 nitrogen and oxygen atoms in total. The van der Waals surface area contributed by atoms with Crippen molar-refractivity contribution < 1.29 is 8.42 Å². The topological polar surface area (TPSA) is 72.0 Å². The van der Waals surface area contributed by atoms with E-state index in [0.717, 1.165) is 11.8 Å². The van der Waals surface area contributed by atoms with Crippen molar-refractivity contribution >= 4 is 39.2 Å². The summed E-state index contributed by atoms with van der Waals surface area (Å²) < 4.78 is 24.6. The molecule has 0 fully saturated rings. The van der Waals surface area contributed by atoms with Gasteiger partial charge in [0.25, 0.3) is 0 Å². The molecule has 1 aromatic carbocycles. The highest BCUT2D eigenvalue weighted by atomic mass is 35.5. The molecule has 1 N–H and O–H groups in total. The molecule has 0 aliphatic rings. The van der Waals surface area contributed by atoms with Gasteiger partial charge in [-0.1, -0.05) is 53.7 Å². The summed E-state index contributed by atoms with van der Waals surface area (Å²) in [6, 6.07) is 11.2. The summed E-state index contributed by atoms with van der Waals surface area (Å²) in [4.78, 5) is 8.17. The summed E-state index contributed by atoms with van der Waals surface area (Å²) in [5, 5.41) is 0.620. The minimum absolute atomic E-state index is 0.170. The number of thioether (sulfide) groups is 1. The van der Waals surface area contributed by atoms with E-state index in [0.29, 0.717) is 10.9 Å². The molecule has 0 aliphatic heterocycles. The Morgan fingerprint density at radius 1 is 1.25 bits per heavy atom. The third kappa shape index (κ3) is 4.99. The Hall–Kier alpha value is -1.31. The Kier molecular flexibility index (Phi) is 4.85. The summed E-state index contributed by atoms with van der Waals surface area (Å²) in [5.41, 5.74) is 1.12. The van der Waals surface area contributed by atoms with Crippen molar-refractivity contribution in [3.63, 3.8) is 0 Å². The number of aromatic nitrogens is 2. The second kappa shape index (κ2) is 6.43. The molecule has 1 heterocycles. The number of hydrogen-bond donors (Lipinski definition) is 1. The Labute approximate surface area is 126 Å². The zero-order chi connectivity index (χ0) is 14.6. The van der Waals surface area contributed by atoms with Crippen molar-refractivity contribution in [3.05, 3.63) is 47.1 Å². The lowest BCUT2D eigenvalue weighted by Crippen LogP contribution is -2.11. The summed E-state index contributed by atoms with van der Waals surface area (Å²) in [7, 11) is -3.39. The van der Waals surface area contributed by atoms with Crippen molar-refractivity contribution in [1.29, 1.82) is 0 Å². The third-order valence-electron chi connectivity index (χ3n) is 2.18. The van der Waals surface area contributed by atoms with E-state index in [9.17, 15) is 8.42 Å². The van der Waals surface area contributed by atoms with Gasteiger partial charge in [-0.15, -0.1) is 0 Å². The predicted molar refractivity (Wildman–Crippen MR) is 81.5 cm³/mol. The van der Waals surface area contributed by atoms with Crippen molar-refractivity contribution in [2.45, 2.75) is 10.9 Å². The zero-order valence-corrected chi connectivity index (χ0v) is 13.0. The first kappa shape index (κ1) is 15.1. The first-order chi connectivity index (χ1) is 9.42. The minimum Gasteiger partial charge on any atom is -0.267 e. The van der Waals surface area contributed by atoms with Crippen molar-refractivity contribution in [3.8, 4) is 0 Å². The number of rotatable bonds is 5. The maximum atomic E-state index is 11.2. The molecule has 1 aromatic heterocycles. The fourth-order valence-corrected chi connectivity index (χ4v) is 2.96. The predicted octanol–water partition coefficient (Wildman–Crippen LogP) is 2.79. The summed E-state index contributed by atoms with van der Waals surface area (Å²) in [6.45, 7) is 0. The molecule has 2 rings (SSSR count). The van der Waals surface area contributed by atoms with Crippen LogP contribution in [-0.2, 0) is 15.8 Å². The van der Waals surface area contributed by atoms with Gasteiger partial charge in [-0.3, -0.25) is 4.72 Å². The van der Waals surface area contributed by atoms with Crippen LogP contribution in [-0.4, -0.2) is 24.6 Å². The van der Waals surface area contributed by atoms with E-state index in [1.807, 2.05) is 30.3 Å². The van der Waals surface area contributed by atoms with Gasteiger partial charge >= 0.3 is 0 Å². The molecule has 0 atom stereocenters. The minimum atomic E-state index is -3.39. The lowest BCUT2D eigenvalue weighted by atomic mass is 10.2. The van der Waals surface area contributed by atoms with Crippen LogP contribution in [0.1, 0.15) is 5.56 Å². The fraction of sp³-hybridized carbons (Fsp3) is 0.167. The Morgan fingerprint density at radius 2 is 1.95 bits per heavy atom. The van der Waals surface area contributed by atoms with E-state index in [4.69, 9.17) is 11.6 Å². The zero-order valence-electron chi connectivity index (χ0n) is 10.6. The average Bonchev–Trinajstić information content (AvgIpc) is 2.35. The summed E-state index contributed by atoms with van der Waals surface area (Å²) >= 11 is 7.25. The highest BCUT2D eigenvalue weighted by Gasteiger charge is 2.08. The van der Waals surface area contributed by atoms with Gasteiger partial charge < -0.3 is 0 Å². The fourth-order valence-electron chi connectivity index (χ4n) is 1.43. The van der Waals surface area contributed by atoms with Crippen LogP contribution in [0.3, 0.4) is 0 Å². The Balaban J connectivity index is 2.12. The standard InChI is InChI=1S/C12H12ClN3O2S2/c1-20(17,18)16-11-7-10(13)14-12(15-11)19-8-9-5-3-2-4-6-9/h2-7H,8H2,1H3,(H,14,15,16). The summed E-state index contributed by atoms with van der Waals surface area (Å²) in [5.74, 6) is 0.850. The smallest absolute Gasteiger partial charge is 0.230 e. The molecular weight excluding hydrogens is 318 g/mol. The van der Waals surface area contributed by atoms with Crippen LogP contribution in [0.5, 0.6) is 0 Å². The van der Waals surface area contributed by atoms with E-state index in [2.05, 4.69) is 14.7 Å². The molecule has 0 amide bonds. The van der Waals surface area contributed by atoms with E-state index in [1.54, 1.807) is 0 Å². The van der Waals surface area contributed by atoms with Gasteiger partial charge in [0.2, 0.25) is 10.0 Å². The van der Waals surface area contributed by atoms with E-state index >= 15 is 0 Å². The van der Waals surface area contributed by atoms with E-state index in [1.165, 1.54) is 17.8 Å². The number of nitrogens with zero attached hydrogens (tertiary/aromatic N) is 2. The molecule has 0 aliphatic carbocycles. The van der Waals surface area contributed by atoms with Gasteiger partial charge in [-0.2, -0.15) is 0 Å². The number of hydrogen-bond acceptors (Lipinski definition) is 5. The van der Waals surface area contributed by atoms with Gasteiger partial charge in [0.1, 0.15) is 11.0 Å². The van der Waals surface area contributed by atoms with Crippen molar-refractivity contribution in [1.82, 2.24) is 9.97 Å². The van der Waals surface area contributed by atoms with Crippen LogP contribution in [0.4, 0.5) is 5.82 Å². The maximum Gasteiger partial charge on any atom is 0.230 e. The van der Waals surface area contributed by atoms with Crippen LogP contribution >= 0.6 is 23.4 Å². The van der Waals surface area contributed by atoms with Crippen molar-refractivity contribution in [2.75, 3.05) is 11.0 Å². The number of halogens is 1. The summed E-state index contributed by atoms with van der Waals surface area (Å²) in [6.07, 6.45) is 1.06. The monoisotopic (exact) mass is 329 g/mol. The number of benzene rings is 1.